The molecule has 0 amide bonds. The highest BCUT2D eigenvalue weighted by atomic mass is 16.5. The lowest BCUT2D eigenvalue weighted by Crippen LogP contribution is -2.14. The van der Waals surface area contributed by atoms with Crippen molar-refractivity contribution in [3.8, 4) is 0 Å². The Morgan fingerprint density at radius 2 is 1.53 bits per heavy atom. The highest BCUT2D eigenvalue weighted by molar-refractivity contribution is 5.78. The average Bonchev–Trinajstić information content (AvgIpc) is 2.34. The first kappa shape index (κ1) is 20.5. The van der Waals surface area contributed by atoms with Crippen LogP contribution in [0.3, 0.4) is 0 Å². The fourth-order valence-electron chi connectivity index (χ4n) is 1.19. The number of carbonyl (C=O) groups is 2. The third-order valence-electron chi connectivity index (χ3n) is 2.37. The Balaban J connectivity index is 0. The highest BCUT2D eigenvalue weighted by Gasteiger charge is 2.07. The van der Waals surface area contributed by atoms with E-state index in [2.05, 4.69) is 6.92 Å². The third-order valence-corrected chi connectivity index (χ3v) is 2.37. The van der Waals surface area contributed by atoms with Crippen LogP contribution >= 0.6 is 0 Å². The zero-order valence-corrected chi connectivity index (χ0v) is 13.6. The molecule has 0 radical (unpaired) electrons. The maximum absolute atomic E-state index is 10.8. The molecule has 3 nitrogen and oxygen atoms in total. The number of ketones is 1. The zero-order chi connectivity index (χ0) is 15.3. The Morgan fingerprint density at radius 3 is 1.89 bits per heavy atom. The monoisotopic (exact) mass is 272 g/mol. The molecule has 19 heavy (non-hydrogen) atoms. The maximum Gasteiger partial charge on any atom is 0.308 e. The van der Waals surface area contributed by atoms with Crippen LogP contribution in [0, 0.1) is 11.8 Å². The molecule has 0 aliphatic heterocycles. The third kappa shape index (κ3) is 17.1. The summed E-state index contributed by atoms with van der Waals surface area (Å²) >= 11 is 0. The molecule has 0 bridgehead atoms. The first-order valence-electron chi connectivity index (χ1n) is 7.53. The van der Waals surface area contributed by atoms with Gasteiger partial charge < -0.3 is 4.74 Å². The van der Waals surface area contributed by atoms with Crippen molar-refractivity contribution in [1.82, 2.24) is 0 Å². The predicted molar refractivity (Wildman–Crippen MR) is 80.1 cm³/mol. The minimum absolute atomic E-state index is 0.00116. The minimum atomic E-state index is -0.103. The second-order valence-corrected chi connectivity index (χ2v) is 5.57. The Bertz CT molecular complexity index is 232. The normalized spacial score (nSPS) is 10.1. The molecule has 0 fully saturated rings. The van der Waals surface area contributed by atoms with E-state index in [9.17, 15) is 9.59 Å². The molecule has 0 rings (SSSR count). The van der Waals surface area contributed by atoms with E-state index in [1.54, 1.807) is 0 Å². The molecular formula is C16H32O3. The number of ether oxygens (including phenoxy) is 1. The summed E-state index contributed by atoms with van der Waals surface area (Å²) in [5.41, 5.74) is 0. The van der Waals surface area contributed by atoms with Crippen molar-refractivity contribution in [2.45, 2.75) is 73.6 Å². The van der Waals surface area contributed by atoms with Crippen molar-refractivity contribution >= 4 is 11.8 Å². The van der Waals surface area contributed by atoms with E-state index in [0.717, 1.165) is 32.1 Å². The van der Waals surface area contributed by atoms with Crippen LogP contribution in [-0.4, -0.2) is 18.4 Å². The molecule has 0 aliphatic carbocycles. The first-order chi connectivity index (χ1) is 8.84. The summed E-state index contributed by atoms with van der Waals surface area (Å²) in [7, 11) is 0. The van der Waals surface area contributed by atoms with E-state index in [-0.39, 0.29) is 11.9 Å². The second-order valence-electron chi connectivity index (χ2n) is 5.57. The van der Waals surface area contributed by atoms with Gasteiger partial charge in [0.05, 0.1) is 12.5 Å². The quantitative estimate of drug-likeness (QED) is 0.616. The Labute approximate surface area is 119 Å². The summed E-state index contributed by atoms with van der Waals surface area (Å²) in [6, 6.07) is 0. The van der Waals surface area contributed by atoms with Gasteiger partial charge in [-0.3, -0.25) is 9.59 Å². The molecule has 0 heterocycles. The van der Waals surface area contributed by atoms with Gasteiger partial charge in [-0.1, -0.05) is 48.0 Å². The number of esters is 1. The van der Waals surface area contributed by atoms with Crippen LogP contribution in [0.2, 0.25) is 0 Å². The molecule has 3 heteroatoms. The van der Waals surface area contributed by atoms with Crippen LogP contribution in [-0.2, 0) is 14.3 Å². The van der Waals surface area contributed by atoms with E-state index in [4.69, 9.17) is 4.74 Å². The zero-order valence-electron chi connectivity index (χ0n) is 13.6. The molecule has 0 aromatic rings. The summed E-state index contributed by atoms with van der Waals surface area (Å²) in [5, 5.41) is 0. The summed E-state index contributed by atoms with van der Waals surface area (Å²) in [4.78, 5) is 21.6. The van der Waals surface area contributed by atoms with Crippen molar-refractivity contribution in [3.63, 3.8) is 0 Å². The van der Waals surface area contributed by atoms with E-state index in [1.165, 1.54) is 0 Å². The first-order valence-corrected chi connectivity index (χ1v) is 7.53. The second kappa shape index (κ2) is 13.6. The van der Waals surface area contributed by atoms with Crippen molar-refractivity contribution in [2.24, 2.45) is 11.8 Å². The average molecular weight is 272 g/mol. The van der Waals surface area contributed by atoms with Crippen molar-refractivity contribution in [3.05, 3.63) is 0 Å². The van der Waals surface area contributed by atoms with Gasteiger partial charge in [-0.15, -0.1) is 0 Å². The fraction of sp³-hybridized carbons (Fsp3) is 0.875. The number of rotatable bonds is 8. The van der Waals surface area contributed by atoms with Crippen molar-refractivity contribution in [1.29, 1.82) is 0 Å². The molecule has 0 unspecified atom stereocenters. The van der Waals surface area contributed by atoms with Gasteiger partial charge in [0.15, 0.2) is 0 Å². The Kier molecular flexibility index (Phi) is 14.6. The number of carbonyl (C=O) groups excluding carboxylic acids is 2. The largest absolute Gasteiger partial charge is 0.465 e. The number of hydrogen-bond acceptors (Lipinski definition) is 3. The fourth-order valence-corrected chi connectivity index (χ4v) is 1.19. The molecule has 0 N–H and O–H groups in total. The lowest BCUT2D eigenvalue weighted by Gasteiger charge is -2.08. The van der Waals surface area contributed by atoms with Gasteiger partial charge >= 0.3 is 5.97 Å². The lowest BCUT2D eigenvalue weighted by molar-refractivity contribution is -0.148. The molecular weight excluding hydrogens is 240 g/mol. The summed E-state index contributed by atoms with van der Waals surface area (Å²) in [5.74, 6) is 0.759. The van der Waals surface area contributed by atoms with E-state index in [1.807, 2.05) is 34.6 Å². The van der Waals surface area contributed by atoms with Crippen molar-refractivity contribution in [2.75, 3.05) is 6.61 Å². The summed E-state index contributed by atoms with van der Waals surface area (Å²) < 4.78 is 4.93. The van der Waals surface area contributed by atoms with Crippen LogP contribution in [0.4, 0.5) is 0 Å². The Hall–Kier alpha value is -0.860. The highest BCUT2D eigenvalue weighted by Crippen LogP contribution is 2.00. The molecule has 0 saturated carbocycles. The van der Waals surface area contributed by atoms with Gasteiger partial charge in [-0.2, -0.15) is 0 Å². The van der Waals surface area contributed by atoms with Crippen molar-refractivity contribution < 1.29 is 14.3 Å². The van der Waals surface area contributed by atoms with E-state index < -0.39 is 0 Å². The SMILES string of the molecule is CC(C)COC(=O)C(C)C.CCCCC(=O)CCC. The van der Waals surface area contributed by atoms with E-state index >= 15 is 0 Å². The number of unbranched alkanes of at least 4 members (excludes halogenated alkanes) is 1. The molecule has 0 aromatic heterocycles. The standard InChI is InChI=1S/C8H16O2.C8H16O/c1-6(2)5-10-8(9)7(3)4;1-3-5-7-8(9)6-4-2/h6-7H,5H2,1-4H3;3-7H2,1-2H3. The summed E-state index contributed by atoms with van der Waals surface area (Å²) in [6.45, 7) is 12.4. The van der Waals surface area contributed by atoms with E-state index in [0.29, 0.717) is 18.3 Å². The molecule has 0 atom stereocenters. The van der Waals surface area contributed by atoms with Gasteiger partial charge in [-0.25, -0.2) is 0 Å². The van der Waals surface area contributed by atoms with Gasteiger partial charge in [0.1, 0.15) is 5.78 Å². The lowest BCUT2D eigenvalue weighted by atomic mass is 10.1. The van der Waals surface area contributed by atoms with Gasteiger partial charge in [0, 0.05) is 12.8 Å². The van der Waals surface area contributed by atoms with Crippen LogP contribution in [0.25, 0.3) is 0 Å². The molecule has 0 aliphatic rings. The summed E-state index contributed by atoms with van der Waals surface area (Å²) in [6.07, 6.45) is 4.78. The van der Waals surface area contributed by atoms with Crippen LogP contribution < -0.4 is 0 Å². The topological polar surface area (TPSA) is 43.4 Å². The molecule has 0 spiro atoms. The van der Waals surface area contributed by atoms with Gasteiger partial charge in [0.2, 0.25) is 0 Å². The molecule has 114 valence electrons. The van der Waals surface area contributed by atoms with Gasteiger partial charge in [0.25, 0.3) is 0 Å². The van der Waals surface area contributed by atoms with Crippen LogP contribution in [0.15, 0.2) is 0 Å². The van der Waals surface area contributed by atoms with Crippen LogP contribution in [0.5, 0.6) is 0 Å². The van der Waals surface area contributed by atoms with Gasteiger partial charge in [-0.05, 0) is 18.8 Å². The number of Topliss-reactive ketones (excluding diaryl/α,β-unsaturated/α-hetero) is 1. The maximum atomic E-state index is 10.8. The Morgan fingerprint density at radius 1 is 0.947 bits per heavy atom. The minimum Gasteiger partial charge on any atom is -0.465 e. The molecule has 0 aromatic carbocycles. The van der Waals surface area contributed by atoms with Crippen LogP contribution in [0.1, 0.15) is 73.6 Å². The predicted octanol–water partition coefficient (Wildman–Crippen LogP) is 4.39. The smallest absolute Gasteiger partial charge is 0.308 e. The molecule has 0 saturated heterocycles. The number of hydrogen-bond donors (Lipinski definition) is 0.